The van der Waals surface area contributed by atoms with Crippen molar-refractivity contribution < 1.29 is 9.47 Å². The van der Waals surface area contributed by atoms with Crippen molar-refractivity contribution in [3.63, 3.8) is 0 Å². The largest absolute Gasteiger partial charge is 0.380 e. The van der Waals surface area contributed by atoms with Crippen LogP contribution in [0.3, 0.4) is 0 Å². The van der Waals surface area contributed by atoms with Gasteiger partial charge in [0.05, 0.1) is 24.3 Å². The maximum absolute atomic E-state index is 9.61. The summed E-state index contributed by atoms with van der Waals surface area (Å²) >= 11 is 1.44. The maximum atomic E-state index is 9.61. The van der Waals surface area contributed by atoms with Gasteiger partial charge in [0.1, 0.15) is 12.1 Å². The van der Waals surface area contributed by atoms with Gasteiger partial charge in [-0.1, -0.05) is 23.9 Å². The Balaban J connectivity index is 2.57. The Labute approximate surface area is 153 Å². The molecule has 0 aliphatic rings. The van der Waals surface area contributed by atoms with E-state index in [-0.39, 0.29) is 0 Å². The Hall–Kier alpha value is -2.31. The van der Waals surface area contributed by atoms with E-state index in [0.717, 1.165) is 32.0 Å². The molecule has 0 saturated carbocycles. The van der Waals surface area contributed by atoms with Crippen LogP contribution in [0.25, 0.3) is 0 Å². The molecule has 0 unspecified atom stereocenters. The van der Waals surface area contributed by atoms with Gasteiger partial charge < -0.3 is 9.47 Å². The number of methoxy groups -OCH3 is 2. The second-order valence-corrected chi connectivity index (χ2v) is 6.87. The molecule has 0 saturated heterocycles. The second-order valence-electron chi connectivity index (χ2n) is 5.79. The van der Waals surface area contributed by atoms with Crippen molar-refractivity contribution in [1.29, 1.82) is 10.5 Å². The Bertz CT molecular complexity index is 792. The molecule has 0 fully saturated rings. The average molecular weight is 352 g/mol. The number of ether oxygens (including phenoxy) is 2. The van der Waals surface area contributed by atoms with Gasteiger partial charge in [-0.3, -0.25) is 0 Å². The molecule has 0 amide bonds. The summed E-state index contributed by atoms with van der Waals surface area (Å²) in [7, 11) is 3.23. The molecule has 5 heteroatoms. The quantitative estimate of drug-likeness (QED) is 0.766. The Morgan fingerprint density at radius 3 is 1.52 bits per heavy atom. The lowest BCUT2D eigenvalue weighted by atomic mass is 10.1. The van der Waals surface area contributed by atoms with Crippen LogP contribution < -0.4 is 0 Å². The van der Waals surface area contributed by atoms with E-state index in [1.54, 1.807) is 14.2 Å². The van der Waals surface area contributed by atoms with Crippen LogP contribution in [0.2, 0.25) is 0 Å². The number of hydrogen-bond acceptors (Lipinski definition) is 5. The summed E-state index contributed by atoms with van der Waals surface area (Å²) in [5.41, 5.74) is 5.01. The first-order valence-electron chi connectivity index (χ1n) is 7.77. The van der Waals surface area contributed by atoms with E-state index in [1.165, 1.54) is 11.8 Å². The molecule has 0 N–H and O–H groups in total. The lowest BCUT2D eigenvalue weighted by molar-refractivity contribution is 0.184. The van der Waals surface area contributed by atoms with E-state index < -0.39 is 0 Å². The van der Waals surface area contributed by atoms with E-state index in [4.69, 9.17) is 9.47 Å². The van der Waals surface area contributed by atoms with Crippen LogP contribution in [0.15, 0.2) is 34.1 Å². The summed E-state index contributed by atoms with van der Waals surface area (Å²) in [5, 5.41) is 19.2. The molecule has 2 aromatic carbocycles. The molecule has 0 aromatic heterocycles. The molecule has 4 nitrogen and oxygen atoms in total. The van der Waals surface area contributed by atoms with Gasteiger partial charge in [0.25, 0.3) is 0 Å². The van der Waals surface area contributed by atoms with Gasteiger partial charge in [0.15, 0.2) is 0 Å². The molecular formula is C20H20N2O2S. The maximum Gasteiger partial charge on any atom is 0.101 e. The third kappa shape index (κ3) is 4.41. The van der Waals surface area contributed by atoms with Gasteiger partial charge in [-0.2, -0.15) is 10.5 Å². The van der Waals surface area contributed by atoms with Crippen molar-refractivity contribution in [1.82, 2.24) is 0 Å². The second kappa shape index (κ2) is 8.69. The SMILES string of the molecule is COCc1cc(C)cc(Sc2cc(C)cc(COC)c2C#N)c1C#N. The number of benzene rings is 2. The predicted octanol–water partition coefficient (Wildman–Crippen LogP) is 4.49. The molecule has 0 spiro atoms. The van der Waals surface area contributed by atoms with Gasteiger partial charge in [-0.05, 0) is 48.2 Å². The standard InChI is InChI=1S/C20H20N2O2S/c1-13-5-15(11-23-3)17(9-21)19(7-13)25-20-8-14(2)6-16(12-24-4)18(20)10-22/h5-8H,11-12H2,1-4H3. The van der Waals surface area contributed by atoms with Crippen molar-refractivity contribution in [2.24, 2.45) is 0 Å². The summed E-state index contributed by atoms with van der Waals surface area (Å²) in [5.74, 6) is 0. The van der Waals surface area contributed by atoms with Crippen molar-refractivity contribution in [3.05, 3.63) is 57.6 Å². The Morgan fingerprint density at radius 1 is 0.800 bits per heavy atom. The van der Waals surface area contributed by atoms with E-state index in [0.29, 0.717) is 24.3 Å². The molecule has 128 valence electrons. The molecule has 2 rings (SSSR count). The van der Waals surface area contributed by atoms with Crippen LogP contribution in [-0.2, 0) is 22.7 Å². The van der Waals surface area contributed by atoms with Crippen LogP contribution in [0.4, 0.5) is 0 Å². The summed E-state index contributed by atoms with van der Waals surface area (Å²) in [6.07, 6.45) is 0. The van der Waals surface area contributed by atoms with Crippen LogP contribution in [0.1, 0.15) is 33.4 Å². The highest BCUT2D eigenvalue weighted by Gasteiger charge is 2.15. The van der Waals surface area contributed by atoms with Gasteiger partial charge in [0, 0.05) is 24.0 Å². The molecule has 0 aliphatic heterocycles. The summed E-state index contributed by atoms with van der Waals surface area (Å²) in [6.45, 7) is 4.74. The molecule has 2 aromatic rings. The number of nitriles is 2. The molecule has 0 bridgehead atoms. The number of nitrogens with zero attached hydrogens (tertiary/aromatic N) is 2. The predicted molar refractivity (Wildman–Crippen MR) is 97.3 cm³/mol. The third-order valence-corrected chi connectivity index (χ3v) is 4.78. The van der Waals surface area contributed by atoms with Gasteiger partial charge in [-0.15, -0.1) is 0 Å². The van der Waals surface area contributed by atoms with Gasteiger partial charge in [-0.25, -0.2) is 0 Å². The van der Waals surface area contributed by atoms with Crippen LogP contribution in [0.5, 0.6) is 0 Å². The highest BCUT2D eigenvalue weighted by molar-refractivity contribution is 7.99. The minimum atomic E-state index is 0.381. The summed E-state index contributed by atoms with van der Waals surface area (Å²) < 4.78 is 10.4. The fourth-order valence-corrected chi connectivity index (χ4v) is 4.01. The first-order chi connectivity index (χ1) is 12.0. The summed E-state index contributed by atoms with van der Waals surface area (Å²) in [6, 6.07) is 12.4. The monoisotopic (exact) mass is 352 g/mol. The highest BCUT2D eigenvalue weighted by atomic mass is 32.2. The van der Waals surface area contributed by atoms with Crippen molar-refractivity contribution in [2.75, 3.05) is 14.2 Å². The first-order valence-corrected chi connectivity index (χ1v) is 8.58. The van der Waals surface area contributed by atoms with Gasteiger partial charge in [0.2, 0.25) is 0 Å². The third-order valence-electron chi connectivity index (χ3n) is 3.70. The molecule has 0 heterocycles. The van der Waals surface area contributed by atoms with E-state index in [2.05, 4.69) is 12.1 Å². The van der Waals surface area contributed by atoms with Crippen LogP contribution in [0, 0.1) is 36.5 Å². The average Bonchev–Trinajstić information content (AvgIpc) is 2.55. The summed E-state index contributed by atoms with van der Waals surface area (Å²) in [4.78, 5) is 1.67. The Morgan fingerprint density at radius 2 is 1.20 bits per heavy atom. The molecule has 0 aliphatic carbocycles. The number of rotatable bonds is 6. The fourth-order valence-electron chi connectivity index (χ4n) is 2.72. The first kappa shape index (κ1) is 19.0. The van der Waals surface area contributed by atoms with Crippen molar-refractivity contribution in [3.8, 4) is 12.1 Å². The normalized spacial score (nSPS) is 10.3. The zero-order valence-corrected chi connectivity index (χ0v) is 15.7. The minimum Gasteiger partial charge on any atom is -0.380 e. The van der Waals surface area contributed by atoms with Crippen molar-refractivity contribution >= 4 is 11.8 Å². The zero-order valence-electron chi connectivity index (χ0n) is 14.8. The highest BCUT2D eigenvalue weighted by Crippen LogP contribution is 2.36. The van der Waals surface area contributed by atoms with Crippen LogP contribution >= 0.6 is 11.8 Å². The molecular weight excluding hydrogens is 332 g/mol. The lowest BCUT2D eigenvalue weighted by Gasteiger charge is -2.14. The van der Waals surface area contributed by atoms with E-state index in [9.17, 15) is 10.5 Å². The number of hydrogen-bond donors (Lipinski definition) is 0. The number of aryl methyl sites for hydroxylation is 2. The van der Waals surface area contributed by atoms with E-state index >= 15 is 0 Å². The lowest BCUT2D eigenvalue weighted by Crippen LogP contribution is -1.98. The molecule has 0 atom stereocenters. The smallest absolute Gasteiger partial charge is 0.101 e. The van der Waals surface area contributed by atoms with Gasteiger partial charge >= 0.3 is 0 Å². The Kier molecular flexibility index (Phi) is 6.61. The molecule has 25 heavy (non-hydrogen) atoms. The topological polar surface area (TPSA) is 66.0 Å². The van der Waals surface area contributed by atoms with Crippen LogP contribution in [-0.4, -0.2) is 14.2 Å². The minimum absolute atomic E-state index is 0.381. The molecule has 0 radical (unpaired) electrons. The zero-order chi connectivity index (χ0) is 18.4. The van der Waals surface area contributed by atoms with Crippen molar-refractivity contribution in [2.45, 2.75) is 36.9 Å². The van der Waals surface area contributed by atoms with E-state index in [1.807, 2.05) is 38.1 Å². The fraction of sp³-hybridized carbons (Fsp3) is 0.300.